The molecular weight excluding hydrogens is 969 g/mol. The Bertz CT molecular complexity index is 3500. The van der Waals surface area contributed by atoms with Crippen molar-refractivity contribution in [1.82, 2.24) is 19.9 Å². The Morgan fingerprint density at radius 1 is 0.737 bits per heavy atom. The summed E-state index contributed by atoms with van der Waals surface area (Å²) < 4.78 is 69.9. The normalized spacial score (nSPS) is 19.7. The highest BCUT2D eigenvalue weighted by Crippen LogP contribution is 2.64. The molecule has 76 heavy (non-hydrogen) atoms. The Morgan fingerprint density at radius 3 is 2.13 bits per heavy atom. The first-order valence-electron chi connectivity index (χ1n) is 25.6. The molecule has 5 aromatic carbocycles. The molecule has 0 amide bonds. The number of cyclic esters (lactones) is 1. The van der Waals surface area contributed by atoms with Crippen molar-refractivity contribution in [1.29, 1.82) is 0 Å². The highest BCUT2D eigenvalue weighted by molar-refractivity contribution is 5.98. The Morgan fingerprint density at radius 2 is 1.43 bits per heavy atom. The van der Waals surface area contributed by atoms with Crippen LogP contribution < -0.4 is 47.4 Å². The van der Waals surface area contributed by atoms with Gasteiger partial charge in [0.05, 0.1) is 55.2 Å². The zero-order valence-electron chi connectivity index (χ0n) is 44.1. The smallest absolute Gasteiger partial charge is 0.343 e. The number of nitrogens with zero attached hydrogens (tertiary/aromatic N) is 3. The molecule has 5 aliphatic rings. The van der Waals surface area contributed by atoms with Crippen LogP contribution in [-0.2, 0) is 23.0 Å². The van der Waals surface area contributed by atoms with Crippen LogP contribution >= 0.6 is 0 Å². The van der Waals surface area contributed by atoms with Gasteiger partial charge >= 0.3 is 5.97 Å². The van der Waals surface area contributed by atoms with Crippen molar-refractivity contribution in [3.8, 4) is 79.7 Å². The number of esters is 1. The summed E-state index contributed by atoms with van der Waals surface area (Å²) in [5, 5.41) is 1.04. The number of benzene rings is 5. The highest BCUT2D eigenvalue weighted by atomic mass is 16.7. The summed E-state index contributed by atoms with van der Waals surface area (Å²) in [6.07, 6.45) is 7.94. The molecule has 5 atom stereocenters. The lowest BCUT2D eigenvalue weighted by molar-refractivity contribution is -0.0350. The molecule has 392 valence electrons. The minimum Gasteiger partial charge on any atom is -0.493 e. The second-order valence-corrected chi connectivity index (χ2v) is 19.9. The molecule has 2 aromatic heterocycles. The molecule has 4 aliphatic heterocycles. The molecule has 0 fully saturated rings. The standard InChI is InChI=1S/C60H60N4O12/c1-11-34-45(33-25-61-28-62-26-33)55-58(56(71-10)48(34)60(4,12-2)38-23-30(3)43-35(38)14-17-40(66-5)51(43)68-7)75-42(74-55)27-64-22-20-36-44(32-13-16-39-31(24-32)19-21-63-39)54-57(73-29-72-54)53(70-9)46(36)49(64)50-37-15-18-41(67-6)52(69-8)47(37)59(65)76-50/h13-19,21,24-26,28,38,42,49-50,63H,3,11-12,20,22-23,27,29H2,1-2,4-10H3. The van der Waals surface area contributed by atoms with Crippen LogP contribution in [0.15, 0.2) is 80.0 Å². The van der Waals surface area contributed by atoms with E-state index in [0.29, 0.717) is 94.4 Å². The number of methoxy groups -OCH3 is 6. The predicted octanol–water partition coefficient (Wildman–Crippen LogP) is 11.1. The number of aromatic amines is 1. The molecule has 1 N–H and O–H groups in total. The lowest BCUT2D eigenvalue weighted by atomic mass is 9.65. The van der Waals surface area contributed by atoms with E-state index in [0.717, 1.165) is 78.5 Å². The number of carbonyl (C=O) groups excluding carboxylic acids is 1. The van der Waals surface area contributed by atoms with Gasteiger partial charge < -0.3 is 57.1 Å². The summed E-state index contributed by atoms with van der Waals surface area (Å²) in [5.41, 5.74) is 11.7. The van der Waals surface area contributed by atoms with Crippen molar-refractivity contribution in [2.45, 2.75) is 76.2 Å². The van der Waals surface area contributed by atoms with Gasteiger partial charge in [0.2, 0.25) is 18.3 Å². The van der Waals surface area contributed by atoms with Crippen LogP contribution in [0.1, 0.15) is 101 Å². The van der Waals surface area contributed by atoms with E-state index in [9.17, 15) is 4.79 Å². The molecule has 6 heterocycles. The second-order valence-electron chi connectivity index (χ2n) is 19.9. The minimum atomic E-state index is -0.884. The number of rotatable bonds is 15. The number of ether oxygens (including phenoxy) is 11. The van der Waals surface area contributed by atoms with E-state index in [-0.39, 0.29) is 19.3 Å². The minimum absolute atomic E-state index is 0.00298. The first-order valence-corrected chi connectivity index (χ1v) is 25.6. The van der Waals surface area contributed by atoms with E-state index >= 15 is 0 Å². The van der Waals surface area contributed by atoms with Gasteiger partial charge in [0.25, 0.3) is 6.29 Å². The van der Waals surface area contributed by atoms with E-state index < -0.39 is 29.8 Å². The van der Waals surface area contributed by atoms with E-state index in [2.05, 4.69) is 71.5 Å². The summed E-state index contributed by atoms with van der Waals surface area (Å²) in [6, 6.07) is 15.5. The Kier molecular flexibility index (Phi) is 12.2. The van der Waals surface area contributed by atoms with Crippen LogP contribution in [0.5, 0.6) is 57.5 Å². The summed E-state index contributed by atoms with van der Waals surface area (Å²) in [7, 11) is 9.71. The third-order valence-electron chi connectivity index (χ3n) is 16.5. The fourth-order valence-corrected chi connectivity index (χ4v) is 13.0. The topological polar surface area (TPSA) is 163 Å². The first-order chi connectivity index (χ1) is 37.0. The molecular formula is C60H60N4O12. The second kappa shape index (κ2) is 18.9. The monoisotopic (exact) mass is 1030 g/mol. The molecule has 7 aromatic rings. The number of fused-ring (bicyclic) bond motifs is 6. The van der Waals surface area contributed by atoms with Crippen LogP contribution in [-0.4, -0.2) is 94.7 Å². The van der Waals surface area contributed by atoms with Crippen molar-refractivity contribution in [3.05, 3.63) is 125 Å². The predicted molar refractivity (Wildman–Crippen MR) is 284 cm³/mol. The molecule has 0 bridgehead atoms. The van der Waals surface area contributed by atoms with Gasteiger partial charge in [-0.3, -0.25) is 4.90 Å². The van der Waals surface area contributed by atoms with Gasteiger partial charge in [-0.2, -0.15) is 0 Å². The molecule has 12 rings (SSSR count). The highest BCUT2D eigenvalue weighted by Gasteiger charge is 2.51. The van der Waals surface area contributed by atoms with Gasteiger partial charge in [-0.15, -0.1) is 0 Å². The molecule has 0 spiro atoms. The Balaban J connectivity index is 1.02. The largest absolute Gasteiger partial charge is 0.493 e. The summed E-state index contributed by atoms with van der Waals surface area (Å²) in [6.45, 7) is 12.0. The zero-order chi connectivity index (χ0) is 52.7. The van der Waals surface area contributed by atoms with Crippen molar-refractivity contribution in [3.63, 3.8) is 0 Å². The Hall–Kier alpha value is -8.11. The molecule has 1 aliphatic carbocycles. The van der Waals surface area contributed by atoms with Gasteiger partial charge in [0, 0.05) is 75.0 Å². The van der Waals surface area contributed by atoms with Crippen LogP contribution in [0.4, 0.5) is 0 Å². The SMILES string of the molecule is C=C1CC(C(C)(CC)c2c(CC)c(-c3cncnc3)c3c(c2OC)OC(CN2CCc4c(-c5ccc6[nH]ccc6c5)c5c(c(OC)c4C2C2OC(=O)c4c2ccc(OC)c4OC)OCO5)O3)c2ccc(OC)c(OC)c21. The molecule has 16 heteroatoms. The fourth-order valence-electron chi connectivity index (χ4n) is 13.0. The molecule has 0 saturated heterocycles. The van der Waals surface area contributed by atoms with E-state index in [1.807, 2.05) is 36.8 Å². The fraction of sp³-hybridized carbons (Fsp3) is 0.350. The van der Waals surface area contributed by atoms with Crippen molar-refractivity contribution >= 4 is 22.4 Å². The van der Waals surface area contributed by atoms with Crippen LogP contribution in [0.3, 0.4) is 0 Å². The average Bonchev–Trinajstić information content (AvgIpc) is 4.45. The van der Waals surface area contributed by atoms with Crippen LogP contribution in [0.25, 0.3) is 38.7 Å². The van der Waals surface area contributed by atoms with Gasteiger partial charge in [-0.1, -0.05) is 45.5 Å². The maximum Gasteiger partial charge on any atom is 0.343 e. The van der Waals surface area contributed by atoms with Gasteiger partial charge in [0.1, 0.15) is 18.0 Å². The summed E-state index contributed by atoms with van der Waals surface area (Å²) >= 11 is 0. The number of carbonyl (C=O) groups is 1. The van der Waals surface area contributed by atoms with E-state index in [1.54, 1.807) is 41.6 Å². The molecule has 0 radical (unpaired) electrons. The number of H-pyrrole nitrogens is 1. The molecule has 5 unspecified atom stereocenters. The van der Waals surface area contributed by atoms with E-state index in [4.69, 9.17) is 52.1 Å². The molecule has 0 saturated carbocycles. The number of aromatic nitrogens is 3. The lowest BCUT2D eigenvalue weighted by Crippen LogP contribution is -2.45. The van der Waals surface area contributed by atoms with Crippen molar-refractivity contribution in [2.24, 2.45) is 0 Å². The number of hydrogen-bond acceptors (Lipinski definition) is 15. The van der Waals surface area contributed by atoms with Gasteiger partial charge in [-0.25, -0.2) is 14.8 Å². The van der Waals surface area contributed by atoms with Crippen LogP contribution in [0.2, 0.25) is 0 Å². The average molecular weight is 1030 g/mol. The third kappa shape index (κ3) is 7.16. The lowest BCUT2D eigenvalue weighted by Gasteiger charge is -2.42. The third-order valence-corrected chi connectivity index (χ3v) is 16.5. The van der Waals surface area contributed by atoms with Gasteiger partial charge in [-0.05, 0) is 95.1 Å². The van der Waals surface area contributed by atoms with Gasteiger partial charge in [0.15, 0.2) is 46.0 Å². The number of hydrogen-bond donors (Lipinski definition) is 1. The quantitative estimate of drug-likeness (QED) is 0.0964. The zero-order valence-corrected chi connectivity index (χ0v) is 44.1. The molecule has 16 nitrogen and oxygen atoms in total. The van der Waals surface area contributed by atoms with E-state index in [1.165, 1.54) is 13.4 Å². The number of nitrogens with one attached hydrogen (secondary N) is 1. The summed E-state index contributed by atoms with van der Waals surface area (Å²) in [5.74, 6) is 4.64. The maximum absolute atomic E-state index is 14.3. The van der Waals surface area contributed by atoms with Crippen LogP contribution in [0, 0.1) is 0 Å². The summed E-state index contributed by atoms with van der Waals surface area (Å²) in [4.78, 5) is 28.9. The number of allylic oxidation sites excluding steroid dienone is 1. The Labute approximate surface area is 440 Å². The van der Waals surface area contributed by atoms with Crippen molar-refractivity contribution < 1.29 is 56.9 Å². The van der Waals surface area contributed by atoms with Crippen molar-refractivity contribution in [2.75, 3.05) is 62.5 Å². The first kappa shape index (κ1) is 48.8. The maximum atomic E-state index is 14.3.